The molecule has 2 rings (SSSR count). The zero-order valence-corrected chi connectivity index (χ0v) is 10.7. The Kier molecular flexibility index (Phi) is 3.71. The largest absolute Gasteiger partial charge is 0.416 e. The van der Waals surface area contributed by atoms with E-state index in [0.717, 1.165) is 18.2 Å². The van der Waals surface area contributed by atoms with Gasteiger partial charge in [-0.05, 0) is 18.2 Å². The molecule has 3 N–H and O–H groups in total. The lowest BCUT2D eigenvalue weighted by molar-refractivity contribution is -0.137. The summed E-state index contributed by atoms with van der Waals surface area (Å²) in [6, 6.07) is 2.93. The van der Waals surface area contributed by atoms with Gasteiger partial charge in [-0.15, -0.1) is 0 Å². The maximum atomic E-state index is 12.7. The molecule has 1 heterocycles. The summed E-state index contributed by atoms with van der Waals surface area (Å²) in [5, 5.41) is 10.1. The van der Waals surface area contributed by atoms with Crippen LogP contribution in [0, 0.1) is 0 Å². The third-order valence-corrected chi connectivity index (χ3v) is 3.07. The van der Waals surface area contributed by atoms with E-state index in [4.69, 9.17) is 5.73 Å². The van der Waals surface area contributed by atoms with Crippen LogP contribution in [0.3, 0.4) is 0 Å². The second-order valence-electron chi connectivity index (χ2n) is 4.52. The summed E-state index contributed by atoms with van der Waals surface area (Å²) in [4.78, 5) is 4.02. The molecule has 0 radical (unpaired) electrons. The molecular formula is C13H14F3N3O. The summed E-state index contributed by atoms with van der Waals surface area (Å²) < 4.78 is 39.7. The van der Waals surface area contributed by atoms with Crippen LogP contribution >= 0.6 is 0 Å². The summed E-state index contributed by atoms with van der Waals surface area (Å²) >= 11 is 0. The fraction of sp³-hybridized carbons (Fsp3) is 0.308. The fourth-order valence-electron chi connectivity index (χ4n) is 1.92. The number of nitrogens with two attached hydrogens (primary N) is 1. The number of nitrogen functional groups attached to an aromatic ring is 1. The molecule has 7 heteroatoms. The number of benzene rings is 1. The maximum absolute atomic E-state index is 12.7. The molecule has 0 amide bonds. The van der Waals surface area contributed by atoms with Crippen LogP contribution in [0.25, 0.3) is 0 Å². The Labute approximate surface area is 113 Å². The van der Waals surface area contributed by atoms with Crippen molar-refractivity contribution in [1.29, 1.82) is 0 Å². The number of aliphatic hydroxyl groups excluding tert-OH is 1. The van der Waals surface area contributed by atoms with Crippen LogP contribution in [0.15, 0.2) is 30.6 Å². The number of imidazole rings is 1. The van der Waals surface area contributed by atoms with Crippen molar-refractivity contribution in [2.75, 3.05) is 5.73 Å². The van der Waals surface area contributed by atoms with Crippen LogP contribution in [0.1, 0.15) is 23.1 Å². The molecule has 4 nitrogen and oxygen atoms in total. The molecule has 0 aliphatic carbocycles. The predicted molar refractivity (Wildman–Crippen MR) is 67.7 cm³/mol. The van der Waals surface area contributed by atoms with Crippen LogP contribution < -0.4 is 5.73 Å². The van der Waals surface area contributed by atoms with Crippen molar-refractivity contribution in [1.82, 2.24) is 9.55 Å². The van der Waals surface area contributed by atoms with Crippen LogP contribution in [-0.4, -0.2) is 14.7 Å². The van der Waals surface area contributed by atoms with E-state index in [1.165, 1.54) is 0 Å². The quantitative estimate of drug-likeness (QED) is 0.850. The van der Waals surface area contributed by atoms with Crippen LogP contribution in [0.5, 0.6) is 0 Å². The lowest BCUT2D eigenvalue weighted by Crippen LogP contribution is -2.12. The van der Waals surface area contributed by atoms with E-state index < -0.39 is 17.8 Å². The van der Waals surface area contributed by atoms with Gasteiger partial charge in [-0.2, -0.15) is 13.2 Å². The second-order valence-corrected chi connectivity index (χ2v) is 4.52. The molecule has 20 heavy (non-hydrogen) atoms. The Morgan fingerprint density at radius 2 is 2.10 bits per heavy atom. The lowest BCUT2D eigenvalue weighted by Gasteiger charge is -2.16. The average Bonchev–Trinajstić information content (AvgIpc) is 2.74. The van der Waals surface area contributed by atoms with Gasteiger partial charge in [0.15, 0.2) is 0 Å². The molecule has 1 aromatic heterocycles. The number of aliphatic hydroxyl groups is 1. The van der Waals surface area contributed by atoms with Gasteiger partial charge >= 0.3 is 6.18 Å². The summed E-state index contributed by atoms with van der Waals surface area (Å²) in [6.07, 6.45) is -2.27. The van der Waals surface area contributed by atoms with Gasteiger partial charge in [0.25, 0.3) is 0 Å². The van der Waals surface area contributed by atoms with E-state index in [2.05, 4.69) is 4.98 Å². The van der Waals surface area contributed by atoms with Crippen molar-refractivity contribution in [3.05, 3.63) is 47.5 Å². The Bertz CT molecular complexity index is 607. The molecule has 0 spiro atoms. The van der Waals surface area contributed by atoms with E-state index in [1.807, 2.05) is 0 Å². The summed E-state index contributed by atoms with van der Waals surface area (Å²) in [5.41, 5.74) is 5.00. The maximum Gasteiger partial charge on any atom is 0.416 e. The first kappa shape index (κ1) is 14.4. The molecule has 0 aliphatic heterocycles. The molecule has 2 aromatic rings. The van der Waals surface area contributed by atoms with E-state index in [0.29, 0.717) is 5.82 Å². The number of aryl methyl sites for hydroxylation is 1. The number of hydrogen-bond donors (Lipinski definition) is 2. The highest BCUT2D eigenvalue weighted by Crippen LogP contribution is 2.33. The number of alkyl halides is 3. The Morgan fingerprint density at radius 3 is 2.65 bits per heavy atom. The van der Waals surface area contributed by atoms with E-state index >= 15 is 0 Å². The van der Waals surface area contributed by atoms with E-state index in [1.54, 1.807) is 24.0 Å². The molecule has 1 aromatic carbocycles. The predicted octanol–water partition coefficient (Wildman–Crippen LogP) is 2.30. The van der Waals surface area contributed by atoms with Crippen molar-refractivity contribution in [3.63, 3.8) is 0 Å². The molecule has 108 valence electrons. The molecule has 0 bridgehead atoms. The van der Waals surface area contributed by atoms with Crippen molar-refractivity contribution in [2.24, 2.45) is 7.05 Å². The van der Waals surface area contributed by atoms with Crippen LogP contribution in [0.2, 0.25) is 0 Å². The van der Waals surface area contributed by atoms with Crippen LogP contribution in [-0.2, 0) is 19.6 Å². The molecule has 0 fully saturated rings. The van der Waals surface area contributed by atoms with Gasteiger partial charge in [-0.25, -0.2) is 4.98 Å². The summed E-state index contributed by atoms with van der Waals surface area (Å²) in [6.45, 7) is 0. The summed E-state index contributed by atoms with van der Waals surface area (Å²) in [7, 11) is 1.74. The third kappa shape index (κ3) is 2.93. The van der Waals surface area contributed by atoms with Gasteiger partial charge in [0.1, 0.15) is 5.82 Å². The van der Waals surface area contributed by atoms with Gasteiger partial charge in [-0.3, -0.25) is 0 Å². The van der Waals surface area contributed by atoms with Crippen molar-refractivity contribution < 1.29 is 18.3 Å². The zero-order valence-electron chi connectivity index (χ0n) is 10.7. The first-order valence-electron chi connectivity index (χ1n) is 5.90. The minimum Gasteiger partial charge on any atom is -0.398 e. The molecule has 1 atom stereocenters. The molecule has 0 aliphatic rings. The van der Waals surface area contributed by atoms with Crippen molar-refractivity contribution >= 4 is 5.69 Å². The zero-order chi connectivity index (χ0) is 14.9. The Balaban J connectivity index is 2.29. The van der Waals surface area contributed by atoms with Gasteiger partial charge in [0.05, 0.1) is 11.7 Å². The highest BCUT2D eigenvalue weighted by atomic mass is 19.4. The normalized spacial score (nSPS) is 13.4. The number of halogens is 3. The molecular weight excluding hydrogens is 271 g/mol. The highest BCUT2D eigenvalue weighted by molar-refractivity contribution is 5.50. The first-order chi connectivity index (χ1) is 9.29. The number of rotatable bonds is 3. The number of aromatic nitrogens is 2. The van der Waals surface area contributed by atoms with E-state index in [-0.39, 0.29) is 17.7 Å². The summed E-state index contributed by atoms with van der Waals surface area (Å²) in [5.74, 6) is 0.564. The monoisotopic (exact) mass is 285 g/mol. The van der Waals surface area contributed by atoms with Crippen LogP contribution in [0.4, 0.5) is 18.9 Å². The van der Waals surface area contributed by atoms with Crippen molar-refractivity contribution in [2.45, 2.75) is 18.7 Å². The third-order valence-electron chi connectivity index (χ3n) is 3.07. The van der Waals surface area contributed by atoms with Gasteiger partial charge < -0.3 is 15.4 Å². The standard InChI is InChI=1S/C13H14F3N3O/c1-19-5-4-18-12(19)7-11(20)9-6-8(13(14,15)16)2-3-10(9)17/h2-6,11,20H,7,17H2,1H3. The fourth-order valence-corrected chi connectivity index (χ4v) is 1.92. The Hall–Kier alpha value is -2.02. The molecule has 1 unspecified atom stereocenters. The SMILES string of the molecule is Cn1ccnc1CC(O)c1cc(C(F)(F)F)ccc1N. The van der Waals surface area contributed by atoms with Gasteiger partial charge in [-0.1, -0.05) is 0 Å². The van der Waals surface area contributed by atoms with Gasteiger partial charge in [0, 0.05) is 37.1 Å². The molecule has 0 saturated heterocycles. The average molecular weight is 285 g/mol. The molecule has 0 saturated carbocycles. The number of nitrogens with zero attached hydrogens (tertiary/aromatic N) is 2. The lowest BCUT2D eigenvalue weighted by atomic mass is 10.0. The minimum absolute atomic E-state index is 0.0582. The number of hydrogen-bond acceptors (Lipinski definition) is 3. The number of anilines is 1. The Morgan fingerprint density at radius 1 is 1.40 bits per heavy atom. The second kappa shape index (κ2) is 5.16. The van der Waals surface area contributed by atoms with Crippen molar-refractivity contribution in [3.8, 4) is 0 Å². The first-order valence-corrected chi connectivity index (χ1v) is 5.90. The highest BCUT2D eigenvalue weighted by Gasteiger charge is 2.31. The minimum atomic E-state index is -4.47. The van der Waals surface area contributed by atoms with Gasteiger partial charge in [0.2, 0.25) is 0 Å². The smallest absolute Gasteiger partial charge is 0.398 e. The van der Waals surface area contributed by atoms with E-state index in [9.17, 15) is 18.3 Å². The topological polar surface area (TPSA) is 64.1 Å².